The van der Waals surface area contributed by atoms with Gasteiger partial charge >= 0.3 is 0 Å². The minimum absolute atomic E-state index is 0. The third kappa shape index (κ3) is 8.64. The highest BCUT2D eigenvalue weighted by atomic mass is 35.5. The van der Waals surface area contributed by atoms with Crippen molar-refractivity contribution in [3.8, 4) is 5.75 Å². The van der Waals surface area contributed by atoms with Crippen molar-refractivity contribution < 1.29 is 5.11 Å². The molecule has 0 saturated heterocycles. The van der Waals surface area contributed by atoms with Crippen LogP contribution in [0.15, 0.2) is 24.3 Å². The maximum absolute atomic E-state index is 9.23. The first-order valence-electron chi connectivity index (χ1n) is 6.89. The van der Waals surface area contributed by atoms with Gasteiger partial charge in [-0.25, -0.2) is 0 Å². The summed E-state index contributed by atoms with van der Waals surface area (Å²) in [6.45, 7) is 11.0. The number of nitrogens with one attached hydrogen (secondary N) is 1. The lowest BCUT2D eigenvalue weighted by molar-refractivity contribution is 0.297. The Morgan fingerprint density at radius 2 is 1.65 bits per heavy atom. The van der Waals surface area contributed by atoms with Gasteiger partial charge < -0.3 is 15.3 Å². The Bertz CT molecular complexity index is 329. The van der Waals surface area contributed by atoms with Gasteiger partial charge in [0.15, 0.2) is 0 Å². The van der Waals surface area contributed by atoms with E-state index in [1.165, 1.54) is 5.56 Å². The topological polar surface area (TPSA) is 35.5 Å². The summed E-state index contributed by atoms with van der Waals surface area (Å²) in [4.78, 5) is 2.42. The van der Waals surface area contributed by atoms with E-state index in [1.807, 2.05) is 12.1 Å². The van der Waals surface area contributed by atoms with E-state index in [2.05, 4.69) is 31.0 Å². The molecule has 20 heavy (non-hydrogen) atoms. The molecule has 118 valence electrons. The van der Waals surface area contributed by atoms with Crippen LogP contribution in [-0.2, 0) is 6.42 Å². The van der Waals surface area contributed by atoms with E-state index in [9.17, 15) is 5.11 Å². The third-order valence-electron chi connectivity index (χ3n) is 3.29. The number of hydrogen-bond acceptors (Lipinski definition) is 3. The zero-order valence-electron chi connectivity index (χ0n) is 12.6. The van der Waals surface area contributed by atoms with E-state index in [-0.39, 0.29) is 24.8 Å². The van der Waals surface area contributed by atoms with E-state index < -0.39 is 0 Å². The molecule has 0 radical (unpaired) electrons. The number of phenols is 1. The SMILES string of the molecule is CCN(CC)CCNC(C)Cc1ccc(O)cc1.Cl.Cl. The molecule has 3 nitrogen and oxygen atoms in total. The van der Waals surface area contributed by atoms with Crippen molar-refractivity contribution in [2.45, 2.75) is 33.2 Å². The molecule has 1 unspecified atom stereocenters. The van der Waals surface area contributed by atoms with E-state index in [0.29, 0.717) is 11.8 Å². The molecule has 0 aliphatic rings. The van der Waals surface area contributed by atoms with Crippen LogP contribution in [0.4, 0.5) is 0 Å². The smallest absolute Gasteiger partial charge is 0.115 e. The maximum atomic E-state index is 9.23. The highest BCUT2D eigenvalue weighted by Gasteiger charge is 2.04. The Kier molecular flexibility index (Phi) is 13.4. The number of rotatable bonds is 8. The normalized spacial score (nSPS) is 11.6. The minimum Gasteiger partial charge on any atom is -0.508 e. The average molecular weight is 323 g/mol. The van der Waals surface area contributed by atoms with Gasteiger partial charge in [0.2, 0.25) is 0 Å². The molecule has 1 atom stereocenters. The van der Waals surface area contributed by atoms with Crippen molar-refractivity contribution in [2.75, 3.05) is 26.2 Å². The van der Waals surface area contributed by atoms with Crippen LogP contribution in [0.3, 0.4) is 0 Å². The van der Waals surface area contributed by atoms with Crippen LogP contribution >= 0.6 is 24.8 Å². The highest BCUT2D eigenvalue weighted by Crippen LogP contribution is 2.11. The lowest BCUT2D eigenvalue weighted by Crippen LogP contribution is -2.36. The summed E-state index contributed by atoms with van der Waals surface area (Å²) in [5.41, 5.74) is 1.26. The second kappa shape index (κ2) is 12.3. The molecule has 1 rings (SSSR count). The second-order valence-electron chi connectivity index (χ2n) is 4.75. The van der Waals surface area contributed by atoms with E-state index in [4.69, 9.17) is 0 Å². The van der Waals surface area contributed by atoms with Gasteiger partial charge in [-0.15, -0.1) is 24.8 Å². The molecule has 1 aromatic carbocycles. The zero-order chi connectivity index (χ0) is 13.4. The first kappa shape index (κ1) is 21.8. The largest absolute Gasteiger partial charge is 0.508 e. The number of halogens is 2. The van der Waals surface area contributed by atoms with Crippen molar-refractivity contribution in [1.82, 2.24) is 10.2 Å². The van der Waals surface area contributed by atoms with Crippen molar-refractivity contribution in [3.63, 3.8) is 0 Å². The van der Waals surface area contributed by atoms with Gasteiger partial charge in [0.1, 0.15) is 5.75 Å². The number of phenolic OH excluding ortho intramolecular Hbond substituents is 1. The molecule has 5 heteroatoms. The molecule has 0 bridgehead atoms. The number of hydrogen-bond donors (Lipinski definition) is 2. The van der Waals surface area contributed by atoms with Crippen LogP contribution < -0.4 is 5.32 Å². The molecule has 0 amide bonds. The van der Waals surface area contributed by atoms with Crippen molar-refractivity contribution >= 4 is 24.8 Å². The van der Waals surface area contributed by atoms with E-state index in [0.717, 1.165) is 32.6 Å². The predicted octanol–water partition coefficient (Wildman–Crippen LogP) is 3.10. The van der Waals surface area contributed by atoms with Crippen LogP contribution in [0, 0.1) is 0 Å². The molecule has 2 N–H and O–H groups in total. The molecule has 0 spiro atoms. The summed E-state index contributed by atoms with van der Waals surface area (Å²) in [5.74, 6) is 0.334. The van der Waals surface area contributed by atoms with Crippen molar-refractivity contribution in [3.05, 3.63) is 29.8 Å². The van der Waals surface area contributed by atoms with Gasteiger partial charge in [0, 0.05) is 19.1 Å². The Morgan fingerprint density at radius 3 is 2.15 bits per heavy atom. The first-order valence-corrected chi connectivity index (χ1v) is 6.89. The number of benzene rings is 1. The first-order chi connectivity index (χ1) is 8.65. The number of nitrogens with zero attached hydrogens (tertiary/aromatic N) is 1. The summed E-state index contributed by atoms with van der Waals surface area (Å²) >= 11 is 0. The van der Waals surface area contributed by atoms with Gasteiger partial charge in [-0.2, -0.15) is 0 Å². The molecule has 0 aliphatic carbocycles. The second-order valence-corrected chi connectivity index (χ2v) is 4.75. The standard InChI is InChI=1S/C15H26N2O.2ClH/c1-4-17(5-2)11-10-16-13(3)12-14-6-8-15(18)9-7-14;;/h6-9,13,16,18H,4-5,10-12H2,1-3H3;2*1H. The van der Waals surface area contributed by atoms with E-state index >= 15 is 0 Å². The average Bonchev–Trinajstić information content (AvgIpc) is 2.37. The van der Waals surface area contributed by atoms with Gasteiger partial charge in [0.05, 0.1) is 0 Å². The molecule has 0 saturated carbocycles. The van der Waals surface area contributed by atoms with Crippen molar-refractivity contribution in [1.29, 1.82) is 0 Å². The van der Waals surface area contributed by atoms with Crippen molar-refractivity contribution in [2.24, 2.45) is 0 Å². The molecular formula is C15H28Cl2N2O. The fraction of sp³-hybridized carbons (Fsp3) is 0.600. The van der Waals surface area contributed by atoms with Crippen LogP contribution in [0.1, 0.15) is 26.3 Å². The maximum Gasteiger partial charge on any atom is 0.115 e. The summed E-state index contributed by atoms with van der Waals surface area (Å²) < 4.78 is 0. The third-order valence-corrected chi connectivity index (χ3v) is 3.29. The Hall–Kier alpha value is -0.480. The van der Waals surface area contributed by atoms with Gasteiger partial charge in [-0.05, 0) is 44.1 Å². The monoisotopic (exact) mass is 322 g/mol. The summed E-state index contributed by atoms with van der Waals surface area (Å²) in [6, 6.07) is 7.93. The quantitative estimate of drug-likeness (QED) is 0.772. The zero-order valence-corrected chi connectivity index (χ0v) is 14.3. The summed E-state index contributed by atoms with van der Waals surface area (Å²) in [5, 5.41) is 12.8. The Labute approximate surface area is 135 Å². The molecule has 0 aromatic heterocycles. The Balaban J connectivity index is 0. The fourth-order valence-electron chi connectivity index (χ4n) is 2.07. The summed E-state index contributed by atoms with van der Waals surface area (Å²) in [6.07, 6.45) is 0.999. The fourth-order valence-corrected chi connectivity index (χ4v) is 2.07. The molecule has 0 fully saturated rings. The summed E-state index contributed by atoms with van der Waals surface area (Å²) in [7, 11) is 0. The predicted molar refractivity (Wildman–Crippen MR) is 91.6 cm³/mol. The minimum atomic E-state index is 0. The lowest BCUT2D eigenvalue weighted by Gasteiger charge is -2.20. The molecule has 0 heterocycles. The highest BCUT2D eigenvalue weighted by molar-refractivity contribution is 5.85. The molecular weight excluding hydrogens is 295 g/mol. The van der Waals surface area contributed by atoms with Gasteiger partial charge in [-0.3, -0.25) is 0 Å². The lowest BCUT2D eigenvalue weighted by atomic mass is 10.1. The molecule has 1 aromatic rings. The number of likely N-dealkylation sites (N-methyl/N-ethyl adjacent to an activating group) is 1. The number of aromatic hydroxyl groups is 1. The van der Waals surface area contributed by atoms with Gasteiger partial charge in [-0.1, -0.05) is 26.0 Å². The van der Waals surface area contributed by atoms with Crippen LogP contribution in [-0.4, -0.2) is 42.2 Å². The van der Waals surface area contributed by atoms with E-state index in [1.54, 1.807) is 12.1 Å². The Morgan fingerprint density at radius 1 is 1.10 bits per heavy atom. The molecule has 0 aliphatic heterocycles. The van der Waals surface area contributed by atoms with Gasteiger partial charge in [0.25, 0.3) is 0 Å². The van der Waals surface area contributed by atoms with Crippen LogP contribution in [0.5, 0.6) is 5.75 Å². The van der Waals surface area contributed by atoms with Crippen LogP contribution in [0.25, 0.3) is 0 Å². The van der Waals surface area contributed by atoms with Crippen LogP contribution in [0.2, 0.25) is 0 Å².